The molecule has 3 nitrogen and oxygen atoms in total. The van der Waals surface area contributed by atoms with Gasteiger partial charge in [0.25, 0.3) is 0 Å². The molecular formula is C10H8ClNO2S. The van der Waals surface area contributed by atoms with E-state index in [9.17, 15) is 4.79 Å². The van der Waals surface area contributed by atoms with Crippen molar-refractivity contribution >= 4 is 39.1 Å². The van der Waals surface area contributed by atoms with E-state index >= 15 is 0 Å². The highest BCUT2D eigenvalue weighted by atomic mass is 35.5. The molecule has 2 aromatic rings. The lowest BCUT2D eigenvalue weighted by Gasteiger charge is -1.99. The number of halogens is 1. The Kier molecular flexibility index (Phi) is 2.63. The topological polar surface area (TPSA) is 50.2 Å². The van der Waals surface area contributed by atoms with Crippen molar-refractivity contribution in [3.05, 3.63) is 27.7 Å². The van der Waals surface area contributed by atoms with E-state index in [0.29, 0.717) is 4.47 Å². The van der Waals surface area contributed by atoms with Crippen molar-refractivity contribution in [2.24, 2.45) is 0 Å². The van der Waals surface area contributed by atoms with Gasteiger partial charge in [0, 0.05) is 0 Å². The van der Waals surface area contributed by atoms with Crippen molar-refractivity contribution in [1.29, 1.82) is 0 Å². The van der Waals surface area contributed by atoms with Crippen molar-refractivity contribution in [1.82, 2.24) is 4.98 Å². The normalized spacial score (nSPS) is 10.8. The average molecular weight is 242 g/mol. The summed E-state index contributed by atoms with van der Waals surface area (Å²) >= 11 is 7.17. The van der Waals surface area contributed by atoms with E-state index in [-0.39, 0.29) is 6.42 Å². The van der Waals surface area contributed by atoms with Gasteiger partial charge in [0.2, 0.25) is 0 Å². The van der Waals surface area contributed by atoms with Crippen molar-refractivity contribution in [3.8, 4) is 0 Å². The fourth-order valence-electron chi connectivity index (χ4n) is 1.52. The number of benzene rings is 1. The summed E-state index contributed by atoms with van der Waals surface area (Å²) in [4.78, 5) is 14.8. The van der Waals surface area contributed by atoms with Crippen LogP contribution in [0.2, 0.25) is 4.47 Å². The van der Waals surface area contributed by atoms with Crippen LogP contribution in [0.5, 0.6) is 0 Å². The Morgan fingerprint density at radius 1 is 1.60 bits per heavy atom. The maximum absolute atomic E-state index is 10.6. The number of nitrogens with zero attached hydrogens (tertiary/aromatic N) is 1. The summed E-state index contributed by atoms with van der Waals surface area (Å²) in [7, 11) is 0. The largest absolute Gasteiger partial charge is 0.481 e. The molecule has 0 saturated carbocycles. The Bertz CT molecular complexity index is 535. The molecule has 0 aliphatic rings. The van der Waals surface area contributed by atoms with E-state index in [1.165, 1.54) is 11.3 Å². The monoisotopic (exact) mass is 241 g/mol. The van der Waals surface area contributed by atoms with Crippen LogP contribution >= 0.6 is 22.9 Å². The van der Waals surface area contributed by atoms with Gasteiger partial charge in [-0.05, 0) is 24.1 Å². The maximum Gasteiger partial charge on any atom is 0.307 e. The quantitative estimate of drug-likeness (QED) is 0.880. The number of fused-ring (bicyclic) bond motifs is 1. The van der Waals surface area contributed by atoms with Gasteiger partial charge in [0.05, 0.1) is 16.6 Å². The van der Waals surface area contributed by atoms with Crippen LogP contribution in [0.25, 0.3) is 10.2 Å². The molecule has 2 rings (SSSR count). The number of carboxylic acid groups (broad SMARTS) is 1. The highest BCUT2D eigenvalue weighted by Crippen LogP contribution is 2.29. The lowest BCUT2D eigenvalue weighted by atomic mass is 10.1. The van der Waals surface area contributed by atoms with Gasteiger partial charge in [0.1, 0.15) is 0 Å². The van der Waals surface area contributed by atoms with Crippen LogP contribution in [-0.4, -0.2) is 16.1 Å². The summed E-state index contributed by atoms with van der Waals surface area (Å²) in [5.41, 5.74) is 2.61. The zero-order valence-corrected chi connectivity index (χ0v) is 9.52. The number of aliphatic carboxylic acids is 1. The molecule has 1 aromatic heterocycles. The number of thiazole rings is 1. The lowest BCUT2D eigenvalue weighted by molar-refractivity contribution is -0.136. The first-order valence-corrected chi connectivity index (χ1v) is 5.53. The molecule has 0 fully saturated rings. The van der Waals surface area contributed by atoms with E-state index in [0.717, 1.165) is 21.3 Å². The van der Waals surface area contributed by atoms with Gasteiger partial charge in [-0.25, -0.2) is 4.98 Å². The molecule has 0 aliphatic heterocycles. The van der Waals surface area contributed by atoms with Crippen LogP contribution in [-0.2, 0) is 11.2 Å². The number of carbonyl (C=O) groups is 1. The third kappa shape index (κ3) is 2.11. The molecule has 0 radical (unpaired) electrons. The standard InChI is InChI=1S/C10H8ClNO2S/c1-5-2-6(4-8(13)14)3-7-9(5)12-10(11)15-7/h2-3H,4H2,1H3,(H,13,14). The first-order chi connectivity index (χ1) is 7.06. The SMILES string of the molecule is Cc1cc(CC(=O)O)cc2sc(Cl)nc12. The number of hydrogen-bond donors (Lipinski definition) is 1. The molecule has 1 heterocycles. The number of aryl methyl sites for hydroxylation is 1. The zero-order valence-electron chi connectivity index (χ0n) is 7.95. The molecule has 5 heteroatoms. The first kappa shape index (κ1) is 10.4. The molecule has 0 bridgehead atoms. The predicted molar refractivity (Wildman–Crippen MR) is 60.7 cm³/mol. The Hall–Kier alpha value is -1.13. The van der Waals surface area contributed by atoms with Crippen LogP contribution in [0, 0.1) is 6.92 Å². The number of rotatable bonds is 2. The van der Waals surface area contributed by atoms with E-state index in [1.807, 2.05) is 19.1 Å². The number of aromatic nitrogens is 1. The minimum absolute atomic E-state index is 0.0340. The second-order valence-electron chi connectivity index (χ2n) is 3.30. The summed E-state index contributed by atoms with van der Waals surface area (Å²) in [6.07, 6.45) is 0.0340. The summed E-state index contributed by atoms with van der Waals surface area (Å²) < 4.78 is 1.43. The smallest absolute Gasteiger partial charge is 0.307 e. The van der Waals surface area contributed by atoms with Gasteiger partial charge in [-0.1, -0.05) is 17.7 Å². The summed E-state index contributed by atoms with van der Waals surface area (Å²) in [6.45, 7) is 1.91. The summed E-state index contributed by atoms with van der Waals surface area (Å²) in [5, 5.41) is 8.70. The molecule has 1 N–H and O–H groups in total. The van der Waals surface area contributed by atoms with Gasteiger partial charge in [-0.2, -0.15) is 0 Å². The lowest BCUT2D eigenvalue weighted by Crippen LogP contribution is -2.00. The van der Waals surface area contributed by atoms with Crippen molar-refractivity contribution in [2.75, 3.05) is 0 Å². The Labute approximate surface area is 95.3 Å². The second-order valence-corrected chi connectivity index (χ2v) is 4.91. The van der Waals surface area contributed by atoms with Crippen LogP contribution in [0.1, 0.15) is 11.1 Å². The van der Waals surface area contributed by atoms with Gasteiger partial charge in [-0.15, -0.1) is 11.3 Å². The molecule has 78 valence electrons. The van der Waals surface area contributed by atoms with Crippen molar-refractivity contribution < 1.29 is 9.90 Å². The summed E-state index contributed by atoms with van der Waals surface area (Å²) in [5.74, 6) is -0.829. The Balaban J connectivity index is 2.56. The molecule has 0 amide bonds. The van der Waals surface area contributed by atoms with Gasteiger partial charge < -0.3 is 5.11 Å². The zero-order chi connectivity index (χ0) is 11.0. The predicted octanol–water partition coefficient (Wildman–Crippen LogP) is 2.89. The second kappa shape index (κ2) is 3.79. The minimum Gasteiger partial charge on any atom is -0.481 e. The molecule has 15 heavy (non-hydrogen) atoms. The third-order valence-corrected chi connectivity index (χ3v) is 3.18. The van der Waals surface area contributed by atoms with Gasteiger partial charge in [-0.3, -0.25) is 4.79 Å². The van der Waals surface area contributed by atoms with Crippen LogP contribution in [0.15, 0.2) is 12.1 Å². The van der Waals surface area contributed by atoms with Crippen molar-refractivity contribution in [3.63, 3.8) is 0 Å². The van der Waals surface area contributed by atoms with E-state index < -0.39 is 5.97 Å². The first-order valence-electron chi connectivity index (χ1n) is 4.33. The highest BCUT2D eigenvalue weighted by Gasteiger charge is 2.08. The Morgan fingerprint density at radius 2 is 2.33 bits per heavy atom. The average Bonchev–Trinajstić information content (AvgIpc) is 2.44. The number of carboxylic acids is 1. The Morgan fingerprint density at radius 3 is 3.00 bits per heavy atom. The van der Waals surface area contributed by atoms with Gasteiger partial charge >= 0.3 is 5.97 Å². The van der Waals surface area contributed by atoms with Crippen LogP contribution in [0.3, 0.4) is 0 Å². The van der Waals surface area contributed by atoms with Crippen LogP contribution in [0.4, 0.5) is 0 Å². The van der Waals surface area contributed by atoms with Crippen LogP contribution < -0.4 is 0 Å². The van der Waals surface area contributed by atoms with Crippen molar-refractivity contribution in [2.45, 2.75) is 13.3 Å². The molecule has 0 unspecified atom stereocenters. The maximum atomic E-state index is 10.6. The molecule has 0 atom stereocenters. The molecular weight excluding hydrogens is 234 g/mol. The van der Waals surface area contributed by atoms with E-state index in [1.54, 1.807) is 0 Å². The van der Waals surface area contributed by atoms with E-state index in [4.69, 9.17) is 16.7 Å². The molecule has 0 aliphatic carbocycles. The molecule has 1 aromatic carbocycles. The number of hydrogen-bond acceptors (Lipinski definition) is 3. The molecule has 0 saturated heterocycles. The fraction of sp³-hybridized carbons (Fsp3) is 0.200. The van der Waals surface area contributed by atoms with E-state index in [2.05, 4.69) is 4.98 Å². The summed E-state index contributed by atoms with van der Waals surface area (Å²) in [6, 6.07) is 3.67. The van der Waals surface area contributed by atoms with Gasteiger partial charge in [0.15, 0.2) is 4.47 Å². The third-order valence-electron chi connectivity index (χ3n) is 2.07. The minimum atomic E-state index is -0.829. The fourth-order valence-corrected chi connectivity index (χ4v) is 2.68. The highest BCUT2D eigenvalue weighted by molar-refractivity contribution is 7.22. The molecule has 0 spiro atoms.